The smallest absolute Gasteiger partial charge is 0.223 e. The highest BCUT2D eigenvalue weighted by atomic mass is 16.2. The van der Waals surface area contributed by atoms with Crippen molar-refractivity contribution in [3.63, 3.8) is 0 Å². The van der Waals surface area contributed by atoms with Crippen molar-refractivity contribution in [3.05, 3.63) is 35.9 Å². The topological polar surface area (TPSA) is 58.2 Å². The molecule has 0 bridgehead atoms. The molecule has 0 unspecified atom stereocenters. The SMILES string of the molecule is O=C(CCNC(=O)C1CCCC1)NCC1(c2ccccc2)CC1. The van der Waals surface area contributed by atoms with Crippen molar-refractivity contribution in [1.82, 2.24) is 10.6 Å². The lowest BCUT2D eigenvalue weighted by molar-refractivity contribution is -0.125. The third kappa shape index (κ3) is 4.12. The molecular weight excluding hydrogens is 288 g/mol. The van der Waals surface area contributed by atoms with Gasteiger partial charge in [0, 0.05) is 30.8 Å². The summed E-state index contributed by atoms with van der Waals surface area (Å²) in [5.41, 5.74) is 1.46. The van der Waals surface area contributed by atoms with Crippen molar-refractivity contribution in [2.45, 2.75) is 50.4 Å². The molecule has 0 radical (unpaired) electrons. The number of rotatable bonds is 7. The standard InChI is InChI=1S/C19H26N2O2/c22-17(10-13-20-18(23)15-6-4-5-7-15)21-14-19(11-12-19)16-8-2-1-3-9-16/h1-3,8-9,15H,4-7,10-14H2,(H,20,23)(H,21,22). The molecule has 1 aromatic carbocycles. The van der Waals surface area contributed by atoms with Gasteiger partial charge in [0.15, 0.2) is 0 Å². The maximum atomic E-state index is 12.0. The lowest BCUT2D eigenvalue weighted by Gasteiger charge is -2.17. The van der Waals surface area contributed by atoms with Gasteiger partial charge < -0.3 is 10.6 Å². The van der Waals surface area contributed by atoms with Gasteiger partial charge in [-0.1, -0.05) is 43.2 Å². The van der Waals surface area contributed by atoms with Crippen LogP contribution >= 0.6 is 0 Å². The van der Waals surface area contributed by atoms with Crippen molar-refractivity contribution in [2.75, 3.05) is 13.1 Å². The highest BCUT2D eigenvalue weighted by molar-refractivity contribution is 5.80. The molecule has 4 heteroatoms. The minimum atomic E-state index is 0.0268. The zero-order valence-electron chi connectivity index (χ0n) is 13.6. The average Bonchev–Trinajstić information content (AvgIpc) is 3.17. The van der Waals surface area contributed by atoms with E-state index in [1.165, 1.54) is 5.56 Å². The van der Waals surface area contributed by atoms with Crippen molar-refractivity contribution in [3.8, 4) is 0 Å². The first kappa shape index (κ1) is 16.0. The van der Waals surface area contributed by atoms with Crippen LogP contribution in [0.5, 0.6) is 0 Å². The Morgan fingerprint density at radius 3 is 2.39 bits per heavy atom. The second kappa shape index (κ2) is 7.16. The second-order valence-electron chi connectivity index (χ2n) is 6.95. The Morgan fingerprint density at radius 2 is 1.74 bits per heavy atom. The number of nitrogens with one attached hydrogen (secondary N) is 2. The highest BCUT2D eigenvalue weighted by Crippen LogP contribution is 2.47. The van der Waals surface area contributed by atoms with Crippen LogP contribution in [0, 0.1) is 5.92 Å². The Kier molecular flexibility index (Phi) is 4.99. The van der Waals surface area contributed by atoms with Crippen LogP contribution in [0.1, 0.15) is 50.5 Å². The normalized spacial score (nSPS) is 19.3. The maximum Gasteiger partial charge on any atom is 0.223 e. The Labute approximate surface area is 138 Å². The number of hydrogen-bond donors (Lipinski definition) is 2. The summed E-state index contributed by atoms with van der Waals surface area (Å²) in [6, 6.07) is 10.4. The molecule has 2 aliphatic carbocycles. The van der Waals surface area contributed by atoms with Gasteiger partial charge >= 0.3 is 0 Å². The van der Waals surface area contributed by atoms with Crippen LogP contribution in [0.4, 0.5) is 0 Å². The van der Waals surface area contributed by atoms with Crippen LogP contribution in [0.15, 0.2) is 30.3 Å². The van der Waals surface area contributed by atoms with E-state index in [1.807, 2.05) is 6.07 Å². The van der Waals surface area contributed by atoms with Gasteiger partial charge in [-0.3, -0.25) is 9.59 Å². The predicted octanol–water partition coefficient (Wildman–Crippen LogP) is 2.53. The Bertz CT molecular complexity index is 546. The maximum absolute atomic E-state index is 12.0. The quantitative estimate of drug-likeness (QED) is 0.812. The zero-order chi connectivity index (χ0) is 16.1. The molecule has 0 atom stereocenters. The number of carbonyl (C=O) groups is 2. The molecule has 2 amide bonds. The van der Waals surface area contributed by atoms with Crippen LogP contribution in [-0.4, -0.2) is 24.9 Å². The van der Waals surface area contributed by atoms with E-state index >= 15 is 0 Å². The van der Waals surface area contributed by atoms with E-state index in [0.717, 1.165) is 38.5 Å². The molecule has 0 saturated heterocycles. The molecule has 0 aromatic heterocycles. The molecule has 23 heavy (non-hydrogen) atoms. The second-order valence-corrected chi connectivity index (χ2v) is 6.95. The van der Waals surface area contributed by atoms with E-state index in [9.17, 15) is 9.59 Å². The lowest BCUT2D eigenvalue weighted by atomic mass is 9.96. The van der Waals surface area contributed by atoms with Crippen molar-refractivity contribution in [2.24, 2.45) is 5.92 Å². The fourth-order valence-corrected chi connectivity index (χ4v) is 3.50. The largest absolute Gasteiger partial charge is 0.355 e. The summed E-state index contributed by atoms with van der Waals surface area (Å²) in [6.07, 6.45) is 6.93. The van der Waals surface area contributed by atoms with E-state index < -0.39 is 0 Å². The van der Waals surface area contributed by atoms with E-state index in [2.05, 4.69) is 34.9 Å². The molecule has 2 aliphatic rings. The predicted molar refractivity (Wildman–Crippen MR) is 89.9 cm³/mol. The van der Waals surface area contributed by atoms with Crippen molar-refractivity contribution >= 4 is 11.8 Å². The van der Waals surface area contributed by atoms with E-state index in [1.54, 1.807) is 0 Å². The number of benzene rings is 1. The highest BCUT2D eigenvalue weighted by Gasteiger charge is 2.44. The van der Waals surface area contributed by atoms with Gasteiger partial charge in [-0.15, -0.1) is 0 Å². The van der Waals surface area contributed by atoms with E-state index in [4.69, 9.17) is 0 Å². The minimum Gasteiger partial charge on any atom is -0.355 e. The molecule has 124 valence electrons. The molecule has 2 N–H and O–H groups in total. The first-order chi connectivity index (χ1) is 11.2. The molecule has 3 rings (SSSR count). The Hall–Kier alpha value is -1.84. The van der Waals surface area contributed by atoms with Gasteiger partial charge in [-0.05, 0) is 31.2 Å². The molecule has 0 heterocycles. The fourth-order valence-electron chi connectivity index (χ4n) is 3.50. The first-order valence-electron chi connectivity index (χ1n) is 8.80. The molecule has 2 saturated carbocycles. The van der Waals surface area contributed by atoms with Crippen LogP contribution in [0.25, 0.3) is 0 Å². The summed E-state index contributed by atoms with van der Waals surface area (Å²) in [7, 11) is 0. The fraction of sp³-hybridized carbons (Fsp3) is 0.579. The molecule has 0 spiro atoms. The Balaban J connectivity index is 1.36. The number of amides is 2. The van der Waals surface area contributed by atoms with Crippen LogP contribution in [0.3, 0.4) is 0 Å². The molecule has 2 fully saturated rings. The summed E-state index contributed by atoms with van der Waals surface area (Å²) in [6.45, 7) is 1.14. The minimum absolute atomic E-state index is 0.0268. The lowest BCUT2D eigenvalue weighted by Crippen LogP contribution is -2.36. The summed E-state index contributed by atoms with van der Waals surface area (Å²) in [4.78, 5) is 23.9. The Morgan fingerprint density at radius 1 is 1.04 bits per heavy atom. The van der Waals surface area contributed by atoms with E-state index in [0.29, 0.717) is 19.5 Å². The van der Waals surface area contributed by atoms with Gasteiger partial charge in [0.05, 0.1) is 0 Å². The third-order valence-corrected chi connectivity index (χ3v) is 5.24. The zero-order valence-corrected chi connectivity index (χ0v) is 13.6. The summed E-state index contributed by atoms with van der Waals surface area (Å²) in [5, 5.41) is 5.94. The monoisotopic (exact) mass is 314 g/mol. The van der Waals surface area contributed by atoms with Crippen LogP contribution in [0.2, 0.25) is 0 Å². The van der Waals surface area contributed by atoms with Crippen LogP contribution in [-0.2, 0) is 15.0 Å². The van der Waals surface area contributed by atoms with Crippen LogP contribution < -0.4 is 10.6 Å². The van der Waals surface area contributed by atoms with Gasteiger partial charge in [-0.25, -0.2) is 0 Å². The molecule has 0 aliphatic heterocycles. The first-order valence-corrected chi connectivity index (χ1v) is 8.80. The molecular formula is C19H26N2O2. The van der Waals surface area contributed by atoms with Gasteiger partial charge in [0.2, 0.25) is 11.8 Å². The van der Waals surface area contributed by atoms with Gasteiger partial charge in [0.1, 0.15) is 0 Å². The average molecular weight is 314 g/mol. The molecule has 1 aromatic rings. The van der Waals surface area contributed by atoms with Crippen molar-refractivity contribution < 1.29 is 9.59 Å². The summed E-state index contributed by atoms with van der Waals surface area (Å²) >= 11 is 0. The van der Waals surface area contributed by atoms with Gasteiger partial charge in [-0.2, -0.15) is 0 Å². The summed E-state index contributed by atoms with van der Waals surface area (Å²) < 4.78 is 0. The van der Waals surface area contributed by atoms with Crippen molar-refractivity contribution in [1.29, 1.82) is 0 Å². The van der Waals surface area contributed by atoms with E-state index in [-0.39, 0.29) is 23.1 Å². The summed E-state index contributed by atoms with van der Waals surface area (Å²) in [5.74, 6) is 0.322. The molecule has 4 nitrogen and oxygen atoms in total. The number of carbonyl (C=O) groups excluding carboxylic acids is 2. The number of hydrogen-bond acceptors (Lipinski definition) is 2. The van der Waals surface area contributed by atoms with Gasteiger partial charge in [0.25, 0.3) is 0 Å². The third-order valence-electron chi connectivity index (χ3n) is 5.24.